The van der Waals surface area contributed by atoms with E-state index in [1.807, 2.05) is 60.7 Å². The third-order valence-electron chi connectivity index (χ3n) is 4.78. The lowest BCUT2D eigenvalue weighted by Gasteiger charge is -2.16. The molecule has 0 fully saturated rings. The minimum Gasteiger partial charge on any atom is -0.309 e. The van der Waals surface area contributed by atoms with Crippen molar-refractivity contribution in [1.29, 1.82) is 0 Å². The van der Waals surface area contributed by atoms with Gasteiger partial charge in [-0.05, 0) is 41.1 Å². The van der Waals surface area contributed by atoms with Gasteiger partial charge in [0.05, 0.1) is 16.4 Å². The summed E-state index contributed by atoms with van der Waals surface area (Å²) in [5.74, 6) is 0. The van der Waals surface area contributed by atoms with Crippen LogP contribution >= 0.6 is 0 Å². The van der Waals surface area contributed by atoms with Gasteiger partial charge in [0.25, 0.3) is 0 Å². The van der Waals surface area contributed by atoms with Gasteiger partial charge in [-0.25, -0.2) is 0 Å². The molecule has 0 amide bonds. The Morgan fingerprint density at radius 1 is 0.560 bits per heavy atom. The fourth-order valence-corrected chi connectivity index (χ4v) is 3.67. The summed E-state index contributed by atoms with van der Waals surface area (Å²) in [4.78, 5) is 13.3. The van der Waals surface area contributed by atoms with E-state index in [4.69, 9.17) is 0 Å². The van der Waals surface area contributed by atoms with Crippen molar-refractivity contribution >= 4 is 32.6 Å². The number of hydrogen-bond acceptors (Lipinski definition) is 1. The Kier molecular flexibility index (Phi) is 2.98. The maximum absolute atomic E-state index is 13.3. The lowest BCUT2D eigenvalue weighted by atomic mass is 10.0. The van der Waals surface area contributed by atoms with Crippen molar-refractivity contribution in [2.45, 2.75) is 0 Å². The molecule has 0 aliphatic rings. The molecule has 0 saturated carbocycles. The first-order chi connectivity index (χ1) is 12.3. The number of rotatable bonds is 1. The number of hydrogen-bond donors (Lipinski definition) is 0. The molecule has 0 spiro atoms. The highest BCUT2D eigenvalue weighted by Crippen LogP contribution is 2.28. The Morgan fingerprint density at radius 3 is 2.08 bits per heavy atom. The zero-order valence-corrected chi connectivity index (χ0v) is 13.5. The average Bonchev–Trinajstić information content (AvgIpc) is 2.68. The SMILES string of the molecule is O=c1c2ccccc2n(-c2ccccc2)c2ccc3ccccc3c12. The van der Waals surface area contributed by atoms with Crippen LogP contribution in [0.2, 0.25) is 0 Å². The van der Waals surface area contributed by atoms with Crippen molar-refractivity contribution in [2.75, 3.05) is 0 Å². The number of benzene rings is 4. The molecule has 0 aliphatic heterocycles. The molecule has 2 nitrogen and oxygen atoms in total. The predicted octanol–water partition coefficient (Wildman–Crippen LogP) is 5.30. The van der Waals surface area contributed by atoms with E-state index in [-0.39, 0.29) is 5.43 Å². The maximum atomic E-state index is 13.3. The summed E-state index contributed by atoms with van der Waals surface area (Å²) in [5.41, 5.74) is 3.02. The van der Waals surface area contributed by atoms with E-state index in [0.29, 0.717) is 0 Å². The van der Waals surface area contributed by atoms with E-state index >= 15 is 0 Å². The van der Waals surface area contributed by atoms with E-state index in [9.17, 15) is 4.79 Å². The molecule has 0 atom stereocenters. The van der Waals surface area contributed by atoms with E-state index in [1.54, 1.807) is 0 Å². The highest BCUT2D eigenvalue weighted by Gasteiger charge is 2.13. The van der Waals surface area contributed by atoms with Crippen LogP contribution in [0.15, 0.2) is 95.8 Å². The Labute approximate surface area is 144 Å². The average molecular weight is 321 g/mol. The Hall–Kier alpha value is -3.39. The van der Waals surface area contributed by atoms with Gasteiger partial charge in [-0.3, -0.25) is 4.79 Å². The Balaban J connectivity index is 2.12. The molecule has 5 aromatic rings. The molecule has 0 unspecified atom stereocenters. The monoisotopic (exact) mass is 321 g/mol. The van der Waals surface area contributed by atoms with Crippen molar-refractivity contribution in [1.82, 2.24) is 4.57 Å². The third-order valence-corrected chi connectivity index (χ3v) is 4.78. The molecule has 0 saturated heterocycles. The molecular weight excluding hydrogens is 306 g/mol. The molecule has 4 aromatic carbocycles. The van der Waals surface area contributed by atoms with Crippen LogP contribution in [-0.4, -0.2) is 4.57 Å². The number of para-hydroxylation sites is 2. The molecule has 1 heterocycles. The summed E-state index contributed by atoms with van der Waals surface area (Å²) in [7, 11) is 0. The van der Waals surface area contributed by atoms with Gasteiger partial charge >= 0.3 is 0 Å². The van der Waals surface area contributed by atoms with Crippen molar-refractivity contribution in [3.05, 3.63) is 101 Å². The molecule has 0 N–H and O–H groups in total. The highest BCUT2D eigenvalue weighted by molar-refractivity contribution is 6.10. The number of pyridine rings is 1. The molecule has 1 aromatic heterocycles. The van der Waals surface area contributed by atoms with Gasteiger partial charge in [0, 0.05) is 11.1 Å². The van der Waals surface area contributed by atoms with Gasteiger partial charge < -0.3 is 4.57 Å². The van der Waals surface area contributed by atoms with Gasteiger partial charge in [-0.15, -0.1) is 0 Å². The maximum Gasteiger partial charge on any atom is 0.197 e. The van der Waals surface area contributed by atoms with Gasteiger partial charge in [0.2, 0.25) is 0 Å². The summed E-state index contributed by atoms with van der Waals surface area (Å²) >= 11 is 0. The van der Waals surface area contributed by atoms with E-state index in [2.05, 4.69) is 34.9 Å². The van der Waals surface area contributed by atoms with E-state index < -0.39 is 0 Å². The number of fused-ring (bicyclic) bond motifs is 4. The first kappa shape index (κ1) is 14.0. The number of nitrogens with zero attached hydrogens (tertiary/aromatic N) is 1. The normalized spacial score (nSPS) is 11.4. The van der Waals surface area contributed by atoms with Crippen LogP contribution in [0, 0.1) is 0 Å². The fourth-order valence-electron chi connectivity index (χ4n) is 3.67. The van der Waals surface area contributed by atoms with Crippen molar-refractivity contribution in [2.24, 2.45) is 0 Å². The first-order valence-corrected chi connectivity index (χ1v) is 8.35. The topological polar surface area (TPSA) is 22.0 Å². The molecule has 2 heteroatoms. The quantitative estimate of drug-likeness (QED) is 0.303. The van der Waals surface area contributed by atoms with Crippen molar-refractivity contribution < 1.29 is 0 Å². The van der Waals surface area contributed by atoms with Gasteiger partial charge in [0.1, 0.15) is 0 Å². The first-order valence-electron chi connectivity index (χ1n) is 8.35. The lowest BCUT2D eigenvalue weighted by Crippen LogP contribution is -2.10. The van der Waals surface area contributed by atoms with Crippen LogP contribution < -0.4 is 5.43 Å². The predicted molar refractivity (Wildman–Crippen MR) is 105 cm³/mol. The summed E-state index contributed by atoms with van der Waals surface area (Å²) in [5, 5.41) is 3.61. The smallest absolute Gasteiger partial charge is 0.197 e. The Morgan fingerprint density at radius 2 is 1.24 bits per heavy atom. The standard InChI is InChI=1S/C23H15NO/c25-23-19-12-6-7-13-20(19)24(17-9-2-1-3-10-17)21-15-14-16-8-4-5-11-18(16)22(21)23/h1-15H. The van der Waals surface area contributed by atoms with Gasteiger partial charge in [-0.1, -0.05) is 60.7 Å². The van der Waals surface area contributed by atoms with Crippen LogP contribution in [0.25, 0.3) is 38.3 Å². The second-order valence-electron chi connectivity index (χ2n) is 6.20. The summed E-state index contributed by atoms with van der Waals surface area (Å²) < 4.78 is 2.18. The molecule has 25 heavy (non-hydrogen) atoms. The minimum absolute atomic E-state index is 0.0922. The zero-order chi connectivity index (χ0) is 16.8. The molecular formula is C23H15NO. The van der Waals surface area contributed by atoms with E-state index in [1.165, 1.54) is 0 Å². The summed E-state index contributed by atoms with van der Waals surface area (Å²) in [6.45, 7) is 0. The fraction of sp³-hybridized carbons (Fsp3) is 0. The van der Waals surface area contributed by atoms with Gasteiger partial charge in [-0.2, -0.15) is 0 Å². The van der Waals surface area contributed by atoms with E-state index in [0.717, 1.165) is 38.3 Å². The minimum atomic E-state index is 0.0922. The number of aromatic nitrogens is 1. The molecule has 0 bridgehead atoms. The second-order valence-corrected chi connectivity index (χ2v) is 6.20. The van der Waals surface area contributed by atoms with Crippen LogP contribution in [0.3, 0.4) is 0 Å². The van der Waals surface area contributed by atoms with Crippen LogP contribution in [-0.2, 0) is 0 Å². The van der Waals surface area contributed by atoms with Crippen molar-refractivity contribution in [3.8, 4) is 5.69 Å². The summed E-state index contributed by atoms with van der Waals surface area (Å²) in [6, 6.07) is 30.3. The zero-order valence-electron chi connectivity index (χ0n) is 13.5. The van der Waals surface area contributed by atoms with Crippen LogP contribution in [0.1, 0.15) is 0 Å². The third kappa shape index (κ3) is 2.01. The highest BCUT2D eigenvalue weighted by atomic mass is 16.1. The van der Waals surface area contributed by atoms with Crippen LogP contribution in [0.4, 0.5) is 0 Å². The molecule has 118 valence electrons. The molecule has 5 rings (SSSR count). The Bertz CT molecular complexity index is 1300. The van der Waals surface area contributed by atoms with Crippen molar-refractivity contribution in [3.63, 3.8) is 0 Å². The lowest BCUT2D eigenvalue weighted by molar-refractivity contribution is 1.16. The summed E-state index contributed by atoms with van der Waals surface area (Å²) in [6.07, 6.45) is 0. The molecule has 0 radical (unpaired) electrons. The largest absolute Gasteiger partial charge is 0.309 e. The molecule has 0 aliphatic carbocycles. The second kappa shape index (κ2) is 5.32. The van der Waals surface area contributed by atoms with Gasteiger partial charge in [0.15, 0.2) is 5.43 Å². The van der Waals surface area contributed by atoms with Crippen LogP contribution in [0.5, 0.6) is 0 Å².